The van der Waals surface area contributed by atoms with E-state index in [9.17, 15) is 9.59 Å². The molecule has 2 heterocycles. The van der Waals surface area contributed by atoms with Crippen molar-refractivity contribution in [1.82, 2.24) is 15.1 Å². The van der Waals surface area contributed by atoms with Gasteiger partial charge in [-0.05, 0) is 81.7 Å². The van der Waals surface area contributed by atoms with E-state index < -0.39 is 0 Å². The van der Waals surface area contributed by atoms with Crippen LogP contribution < -0.4 is 11.1 Å². The molecule has 2 saturated heterocycles. The van der Waals surface area contributed by atoms with Gasteiger partial charge in [0, 0.05) is 44.7 Å². The zero-order valence-electron chi connectivity index (χ0n) is 22.4. The molecule has 1 aromatic rings. The largest absolute Gasteiger partial charge is 0.377 e. The Labute approximate surface area is 222 Å². The van der Waals surface area contributed by atoms with Crippen molar-refractivity contribution < 1.29 is 14.3 Å². The van der Waals surface area contributed by atoms with Gasteiger partial charge in [-0.3, -0.25) is 14.5 Å². The number of nitrogens with zero attached hydrogens (tertiary/aromatic N) is 2. The van der Waals surface area contributed by atoms with E-state index in [-0.39, 0.29) is 35.9 Å². The second-order valence-electron chi connectivity index (χ2n) is 11.9. The molecule has 7 nitrogen and oxygen atoms in total. The summed E-state index contributed by atoms with van der Waals surface area (Å²) in [5.74, 6) is 1.42. The molecule has 0 bridgehead atoms. The van der Waals surface area contributed by atoms with Crippen molar-refractivity contribution in [3.05, 3.63) is 35.9 Å². The normalized spacial score (nSPS) is 30.4. The van der Waals surface area contributed by atoms with Gasteiger partial charge in [-0.1, -0.05) is 36.8 Å². The zero-order chi connectivity index (χ0) is 25.6. The molecule has 2 amide bonds. The van der Waals surface area contributed by atoms with Crippen molar-refractivity contribution in [3.8, 4) is 0 Å². The number of hydrogen-bond acceptors (Lipinski definition) is 5. The van der Waals surface area contributed by atoms with E-state index in [0.717, 1.165) is 71.2 Å². The van der Waals surface area contributed by atoms with Crippen molar-refractivity contribution in [2.45, 2.75) is 88.9 Å². The molecule has 5 atom stereocenters. The van der Waals surface area contributed by atoms with E-state index in [2.05, 4.69) is 40.5 Å². The standard InChI is InChI=1S/C30H46N4O3/c31-18-23-8-4-9-24(16-23)19-32-29(35)28-17-26(13-14-34(28)30(36)25-11-12-25)33(21-27-10-5-15-37-27)20-22-6-2-1-3-7-22/h1-3,6-7,23-28H,4-5,8-21,31H2,(H,32,35)/t23?,24?,26?,27?,28-/m1/s1. The Balaban J connectivity index is 1.27. The zero-order valence-corrected chi connectivity index (χ0v) is 22.4. The fourth-order valence-electron chi connectivity index (χ4n) is 6.73. The maximum Gasteiger partial charge on any atom is 0.242 e. The van der Waals surface area contributed by atoms with Crippen molar-refractivity contribution in [3.63, 3.8) is 0 Å². The molecule has 1 aromatic carbocycles. The molecule has 7 heteroatoms. The molecule has 2 saturated carbocycles. The first-order valence-corrected chi connectivity index (χ1v) is 14.8. The van der Waals surface area contributed by atoms with Crippen LogP contribution >= 0.6 is 0 Å². The Kier molecular flexibility index (Phi) is 9.16. The quantitative estimate of drug-likeness (QED) is 0.504. The lowest BCUT2D eigenvalue weighted by Gasteiger charge is -2.43. The number of nitrogens with two attached hydrogens (primary N) is 1. The second kappa shape index (κ2) is 12.7. The van der Waals surface area contributed by atoms with Crippen LogP contribution in [0.15, 0.2) is 30.3 Å². The smallest absolute Gasteiger partial charge is 0.242 e. The van der Waals surface area contributed by atoms with Gasteiger partial charge in [0.2, 0.25) is 11.8 Å². The monoisotopic (exact) mass is 510 g/mol. The minimum Gasteiger partial charge on any atom is -0.377 e. The maximum absolute atomic E-state index is 13.6. The summed E-state index contributed by atoms with van der Waals surface area (Å²) in [6.45, 7) is 4.67. The highest BCUT2D eigenvalue weighted by atomic mass is 16.5. The summed E-state index contributed by atoms with van der Waals surface area (Å²) in [5, 5.41) is 3.28. The van der Waals surface area contributed by atoms with Gasteiger partial charge in [-0.2, -0.15) is 0 Å². The number of likely N-dealkylation sites (tertiary alicyclic amines) is 1. The van der Waals surface area contributed by atoms with Crippen LogP contribution in [0.25, 0.3) is 0 Å². The molecule has 4 unspecified atom stereocenters. The van der Waals surface area contributed by atoms with E-state index in [1.807, 2.05) is 4.90 Å². The molecule has 4 fully saturated rings. The first kappa shape index (κ1) is 26.6. The Morgan fingerprint density at radius 1 is 1.00 bits per heavy atom. The van der Waals surface area contributed by atoms with E-state index in [0.29, 0.717) is 31.3 Å². The van der Waals surface area contributed by atoms with Crippen LogP contribution in [0.3, 0.4) is 0 Å². The van der Waals surface area contributed by atoms with Gasteiger partial charge in [0.25, 0.3) is 0 Å². The molecule has 0 radical (unpaired) electrons. The third kappa shape index (κ3) is 7.12. The van der Waals surface area contributed by atoms with E-state index in [1.54, 1.807) is 0 Å². The minimum absolute atomic E-state index is 0.0327. The first-order chi connectivity index (χ1) is 18.1. The van der Waals surface area contributed by atoms with E-state index >= 15 is 0 Å². The minimum atomic E-state index is -0.386. The lowest BCUT2D eigenvalue weighted by atomic mass is 9.81. The molecule has 37 heavy (non-hydrogen) atoms. The van der Waals surface area contributed by atoms with Crippen molar-refractivity contribution >= 4 is 11.8 Å². The highest BCUT2D eigenvalue weighted by Gasteiger charge is 2.43. The van der Waals surface area contributed by atoms with Crippen molar-refractivity contribution in [2.75, 3.05) is 32.8 Å². The molecule has 5 rings (SSSR count). The highest BCUT2D eigenvalue weighted by molar-refractivity contribution is 5.89. The molecule has 0 spiro atoms. The number of ether oxygens (including phenoxy) is 1. The predicted molar refractivity (Wildman–Crippen MR) is 145 cm³/mol. The van der Waals surface area contributed by atoms with Crippen LogP contribution in [-0.4, -0.2) is 72.6 Å². The molecule has 2 aliphatic carbocycles. The lowest BCUT2D eigenvalue weighted by molar-refractivity contribution is -0.145. The highest BCUT2D eigenvalue weighted by Crippen LogP contribution is 2.35. The van der Waals surface area contributed by atoms with Gasteiger partial charge in [-0.25, -0.2) is 0 Å². The third-order valence-corrected chi connectivity index (χ3v) is 9.08. The Morgan fingerprint density at radius 2 is 1.81 bits per heavy atom. The summed E-state index contributed by atoms with van der Waals surface area (Å²) in [4.78, 5) is 31.3. The van der Waals surface area contributed by atoms with E-state index in [1.165, 1.54) is 18.4 Å². The molecule has 2 aliphatic heterocycles. The van der Waals surface area contributed by atoms with Crippen LogP contribution in [0.2, 0.25) is 0 Å². The van der Waals surface area contributed by atoms with Crippen LogP contribution in [0.5, 0.6) is 0 Å². The number of benzene rings is 1. The van der Waals surface area contributed by atoms with Crippen LogP contribution in [-0.2, 0) is 20.9 Å². The number of piperidine rings is 1. The third-order valence-electron chi connectivity index (χ3n) is 9.08. The summed E-state index contributed by atoms with van der Waals surface area (Å²) >= 11 is 0. The van der Waals surface area contributed by atoms with Crippen molar-refractivity contribution in [2.24, 2.45) is 23.5 Å². The molecule has 3 N–H and O–H groups in total. The average Bonchev–Trinajstić information content (AvgIpc) is 3.67. The Hall–Kier alpha value is -1.96. The van der Waals surface area contributed by atoms with E-state index in [4.69, 9.17) is 10.5 Å². The molecular weight excluding hydrogens is 464 g/mol. The fraction of sp³-hybridized carbons (Fsp3) is 0.733. The maximum atomic E-state index is 13.6. The van der Waals surface area contributed by atoms with Crippen molar-refractivity contribution in [1.29, 1.82) is 0 Å². The number of nitrogens with one attached hydrogen (secondary N) is 1. The average molecular weight is 511 g/mol. The summed E-state index contributed by atoms with van der Waals surface area (Å²) in [5.41, 5.74) is 7.22. The van der Waals surface area contributed by atoms with Crippen LogP contribution in [0.4, 0.5) is 0 Å². The number of carbonyl (C=O) groups is 2. The van der Waals surface area contributed by atoms with Gasteiger partial charge in [0.05, 0.1) is 6.10 Å². The lowest BCUT2D eigenvalue weighted by Crippen LogP contribution is -2.58. The summed E-state index contributed by atoms with van der Waals surface area (Å²) in [7, 11) is 0. The molecule has 4 aliphatic rings. The first-order valence-electron chi connectivity index (χ1n) is 14.8. The SMILES string of the molecule is NCC1CCCC(CNC(=O)[C@H]2CC(N(Cc3ccccc3)CC3CCCO3)CCN2C(=O)C2CC2)C1. The molecule has 204 valence electrons. The van der Waals surface area contributed by atoms with Crippen LogP contribution in [0, 0.1) is 17.8 Å². The predicted octanol–water partition coefficient (Wildman–Crippen LogP) is 3.32. The summed E-state index contributed by atoms with van der Waals surface area (Å²) in [6.07, 6.45) is 10.7. The van der Waals surface area contributed by atoms with Gasteiger partial charge >= 0.3 is 0 Å². The Bertz CT molecular complexity index is 886. The van der Waals surface area contributed by atoms with Crippen LogP contribution in [0.1, 0.15) is 69.8 Å². The summed E-state index contributed by atoms with van der Waals surface area (Å²) in [6, 6.07) is 10.5. The molecular formula is C30H46N4O3. The van der Waals surface area contributed by atoms with Gasteiger partial charge in [0.1, 0.15) is 6.04 Å². The van der Waals surface area contributed by atoms with Gasteiger partial charge in [-0.15, -0.1) is 0 Å². The molecule has 0 aromatic heterocycles. The number of hydrogen-bond donors (Lipinski definition) is 2. The number of amides is 2. The second-order valence-corrected chi connectivity index (χ2v) is 11.9. The Morgan fingerprint density at radius 3 is 2.54 bits per heavy atom. The fourth-order valence-corrected chi connectivity index (χ4v) is 6.73. The van der Waals surface area contributed by atoms with Gasteiger partial charge < -0.3 is 20.7 Å². The number of rotatable bonds is 10. The number of carbonyl (C=O) groups excluding carboxylic acids is 2. The van der Waals surface area contributed by atoms with Gasteiger partial charge in [0.15, 0.2) is 0 Å². The summed E-state index contributed by atoms with van der Waals surface area (Å²) < 4.78 is 6.01. The topological polar surface area (TPSA) is 87.9 Å².